The minimum absolute atomic E-state index is 0.000180. The molecule has 0 saturated heterocycles. The molecular weight excluding hydrogens is 347 g/mol. The highest BCUT2D eigenvalue weighted by atomic mass is 79.9. The van der Waals surface area contributed by atoms with Crippen LogP contribution in [0.2, 0.25) is 0 Å². The Morgan fingerprint density at radius 2 is 1.90 bits per heavy atom. The molecule has 106 valence electrons. The molecule has 0 aliphatic rings. The zero-order chi connectivity index (χ0) is 14.8. The van der Waals surface area contributed by atoms with E-state index in [4.69, 9.17) is 0 Å². The Labute approximate surface area is 125 Å². The SMILES string of the molecule is CC(NS(=O)(=O)c1ccc(F)cc1Br)c1ccncc1. The number of aromatic nitrogens is 1. The Hall–Kier alpha value is -1.31. The highest BCUT2D eigenvalue weighted by Crippen LogP contribution is 2.24. The Morgan fingerprint density at radius 3 is 2.50 bits per heavy atom. The van der Waals surface area contributed by atoms with Gasteiger partial charge in [-0.15, -0.1) is 0 Å². The van der Waals surface area contributed by atoms with Crippen molar-refractivity contribution < 1.29 is 12.8 Å². The van der Waals surface area contributed by atoms with Crippen molar-refractivity contribution in [2.45, 2.75) is 17.9 Å². The average molecular weight is 359 g/mol. The maximum Gasteiger partial charge on any atom is 0.242 e. The van der Waals surface area contributed by atoms with Gasteiger partial charge >= 0.3 is 0 Å². The Kier molecular flexibility index (Phi) is 4.52. The van der Waals surface area contributed by atoms with Crippen LogP contribution < -0.4 is 4.72 Å². The van der Waals surface area contributed by atoms with Crippen LogP contribution in [0.5, 0.6) is 0 Å². The van der Waals surface area contributed by atoms with E-state index in [0.29, 0.717) is 0 Å². The van der Waals surface area contributed by atoms with Crippen molar-refractivity contribution in [2.75, 3.05) is 0 Å². The summed E-state index contributed by atoms with van der Waals surface area (Å²) in [5.41, 5.74) is 0.793. The van der Waals surface area contributed by atoms with Crippen molar-refractivity contribution in [1.82, 2.24) is 9.71 Å². The molecule has 0 fully saturated rings. The molecule has 2 rings (SSSR count). The van der Waals surface area contributed by atoms with Crippen LogP contribution in [0.4, 0.5) is 4.39 Å². The van der Waals surface area contributed by atoms with Gasteiger partial charge in [-0.1, -0.05) is 0 Å². The summed E-state index contributed by atoms with van der Waals surface area (Å²) in [7, 11) is -3.74. The topological polar surface area (TPSA) is 59.1 Å². The Morgan fingerprint density at radius 1 is 1.25 bits per heavy atom. The van der Waals surface area contributed by atoms with E-state index in [1.165, 1.54) is 6.07 Å². The van der Waals surface area contributed by atoms with Crippen LogP contribution in [0.1, 0.15) is 18.5 Å². The number of hydrogen-bond donors (Lipinski definition) is 1. The molecule has 1 aromatic carbocycles. The second-order valence-corrected chi connectivity index (χ2v) is 6.74. The van der Waals surface area contributed by atoms with Crippen LogP contribution in [0.15, 0.2) is 52.1 Å². The van der Waals surface area contributed by atoms with Gasteiger partial charge in [-0.05, 0) is 58.7 Å². The molecule has 4 nitrogen and oxygen atoms in total. The molecule has 0 amide bonds. The number of nitrogens with zero attached hydrogens (tertiary/aromatic N) is 1. The van der Waals surface area contributed by atoms with Gasteiger partial charge in [-0.3, -0.25) is 4.98 Å². The zero-order valence-electron chi connectivity index (χ0n) is 10.5. The number of rotatable bonds is 4. The number of pyridine rings is 1. The molecule has 1 heterocycles. The van der Waals surface area contributed by atoms with Gasteiger partial charge < -0.3 is 0 Å². The fourth-order valence-electron chi connectivity index (χ4n) is 1.71. The lowest BCUT2D eigenvalue weighted by molar-refractivity contribution is 0.565. The number of halogens is 2. The lowest BCUT2D eigenvalue weighted by atomic mass is 10.1. The quantitative estimate of drug-likeness (QED) is 0.913. The summed E-state index contributed by atoms with van der Waals surface area (Å²) in [4.78, 5) is 3.88. The maximum absolute atomic E-state index is 13.0. The van der Waals surface area contributed by atoms with Gasteiger partial charge in [-0.25, -0.2) is 17.5 Å². The first kappa shape index (κ1) is 15.1. The number of nitrogens with one attached hydrogen (secondary N) is 1. The van der Waals surface area contributed by atoms with Crippen LogP contribution in [0.3, 0.4) is 0 Å². The molecule has 2 aromatic rings. The van der Waals surface area contributed by atoms with Crippen molar-refractivity contribution in [3.05, 3.63) is 58.6 Å². The molecule has 0 spiro atoms. The van der Waals surface area contributed by atoms with Crippen LogP contribution >= 0.6 is 15.9 Å². The first-order valence-electron chi connectivity index (χ1n) is 5.77. The van der Waals surface area contributed by atoms with Gasteiger partial charge in [0.05, 0.1) is 4.90 Å². The normalized spacial score (nSPS) is 13.2. The molecule has 0 aliphatic heterocycles. The number of hydrogen-bond acceptors (Lipinski definition) is 3. The Bertz CT molecular complexity index is 708. The minimum atomic E-state index is -3.74. The fraction of sp³-hybridized carbons (Fsp3) is 0.154. The molecular formula is C13H12BrFN2O2S. The zero-order valence-corrected chi connectivity index (χ0v) is 12.9. The van der Waals surface area contributed by atoms with Crippen molar-refractivity contribution in [3.8, 4) is 0 Å². The largest absolute Gasteiger partial charge is 0.265 e. The van der Waals surface area contributed by atoms with Crippen molar-refractivity contribution in [2.24, 2.45) is 0 Å². The lowest BCUT2D eigenvalue weighted by Crippen LogP contribution is -2.27. The van der Waals surface area contributed by atoms with E-state index in [1.54, 1.807) is 31.5 Å². The molecule has 7 heteroatoms. The van der Waals surface area contributed by atoms with Crippen LogP contribution in [0, 0.1) is 5.82 Å². The lowest BCUT2D eigenvalue weighted by Gasteiger charge is -2.15. The Balaban J connectivity index is 2.28. The van der Waals surface area contributed by atoms with Crippen LogP contribution in [-0.2, 0) is 10.0 Å². The third-order valence-electron chi connectivity index (χ3n) is 2.72. The molecule has 1 atom stereocenters. The van der Waals surface area contributed by atoms with E-state index in [-0.39, 0.29) is 9.37 Å². The first-order chi connectivity index (χ1) is 9.40. The molecule has 0 saturated carbocycles. The second kappa shape index (κ2) is 5.99. The molecule has 0 bridgehead atoms. The maximum atomic E-state index is 13.0. The van der Waals surface area contributed by atoms with Gasteiger partial charge in [0.15, 0.2) is 0 Å². The first-order valence-corrected chi connectivity index (χ1v) is 8.05. The summed E-state index contributed by atoms with van der Waals surface area (Å²) in [5.74, 6) is -0.502. The molecule has 1 unspecified atom stereocenters. The summed E-state index contributed by atoms with van der Waals surface area (Å²) in [6.07, 6.45) is 3.18. The van der Waals surface area contributed by atoms with Crippen molar-refractivity contribution in [3.63, 3.8) is 0 Å². The highest BCUT2D eigenvalue weighted by molar-refractivity contribution is 9.10. The van der Waals surface area contributed by atoms with Crippen molar-refractivity contribution >= 4 is 26.0 Å². The molecule has 20 heavy (non-hydrogen) atoms. The van der Waals surface area contributed by atoms with Gasteiger partial charge in [0, 0.05) is 22.9 Å². The van der Waals surface area contributed by atoms with E-state index < -0.39 is 21.9 Å². The number of sulfonamides is 1. The van der Waals surface area contributed by atoms with E-state index in [0.717, 1.165) is 17.7 Å². The third kappa shape index (κ3) is 3.41. The third-order valence-corrected chi connectivity index (χ3v) is 5.24. The fourth-order valence-corrected chi connectivity index (χ4v) is 3.99. The van der Waals surface area contributed by atoms with E-state index in [9.17, 15) is 12.8 Å². The molecule has 0 radical (unpaired) electrons. The van der Waals surface area contributed by atoms with Crippen LogP contribution in [0.25, 0.3) is 0 Å². The molecule has 1 aromatic heterocycles. The molecule has 0 aliphatic carbocycles. The summed E-state index contributed by atoms with van der Waals surface area (Å²) < 4.78 is 40.3. The van der Waals surface area contributed by atoms with Gasteiger partial charge in [0.25, 0.3) is 0 Å². The summed E-state index contributed by atoms with van der Waals surface area (Å²) >= 11 is 3.06. The predicted molar refractivity (Wildman–Crippen MR) is 77.1 cm³/mol. The summed E-state index contributed by atoms with van der Waals surface area (Å²) in [6, 6.07) is 6.49. The molecule has 1 N–H and O–H groups in total. The van der Waals surface area contributed by atoms with E-state index in [2.05, 4.69) is 25.6 Å². The average Bonchev–Trinajstić information content (AvgIpc) is 2.38. The highest BCUT2D eigenvalue weighted by Gasteiger charge is 2.21. The van der Waals surface area contributed by atoms with E-state index >= 15 is 0 Å². The monoisotopic (exact) mass is 358 g/mol. The standard InChI is InChI=1S/C13H12BrFN2O2S/c1-9(10-4-6-16-7-5-10)17-20(18,19)13-3-2-11(15)8-12(13)14/h2-9,17H,1H3. The van der Waals surface area contributed by atoms with Crippen molar-refractivity contribution in [1.29, 1.82) is 0 Å². The van der Waals surface area contributed by atoms with Gasteiger partial charge in [0.2, 0.25) is 10.0 Å². The summed E-state index contributed by atoms with van der Waals surface area (Å²) in [5, 5.41) is 0. The minimum Gasteiger partial charge on any atom is -0.265 e. The predicted octanol–water partition coefficient (Wildman–Crippen LogP) is 3.02. The summed E-state index contributed by atoms with van der Waals surface area (Å²) in [6.45, 7) is 1.73. The van der Waals surface area contributed by atoms with Gasteiger partial charge in [0.1, 0.15) is 5.82 Å². The van der Waals surface area contributed by atoms with E-state index in [1.807, 2.05) is 0 Å². The van der Waals surface area contributed by atoms with Gasteiger partial charge in [-0.2, -0.15) is 0 Å². The van der Waals surface area contributed by atoms with Crippen LogP contribution in [-0.4, -0.2) is 13.4 Å². The number of benzene rings is 1. The smallest absolute Gasteiger partial charge is 0.242 e. The second-order valence-electron chi connectivity index (χ2n) is 4.20.